The number of aromatic hydroxyl groups is 1. The summed E-state index contributed by atoms with van der Waals surface area (Å²) < 4.78 is 5.34. The van der Waals surface area contributed by atoms with E-state index >= 15 is 0 Å². The van der Waals surface area contributed by atoms with Crippen molar-refractivity contribution in [3.05, 3.63) is 48.0 Å². The normalized spacial score (nSPS) is 16.8. The second-order valence-corrected chi connectivity index (χ2v) is 6.09. The number of carbonyl (C=O) groups is 2. The molecule has 0 aromatic heterocycles. The zero-order valence-electron chi connectivity index (χ0n) is 14.2. The van der Waals surface area contributed by atoms with Crippen molar-refractivity contribution in [2.75, 3.05) is 23.9 Å². The summed E-state index contributed by atoms with van der Waals surface area (Å²) in [5.74, 6) is -0.305. The third kappa shape index (κ3) is 3.42. The Morgan fingerprint density at radius 3 is 2.76 bits per heavy atom. The predicted molar refractivity (Wildman–Crippen MR) is 94.9 cm³/mol. The summed E-state index contributed by atoms with van der Waals surface area (Å²) in [4.78, 5) is 26.5. The molecule has 130 valence electrons. The van der Waals surface area contributed by atoms with Crippen molar-refractivity contribution in [1.29, 1.82) is 0 Å². The highest BCUT2D eigenvalue weighted by molar-refractivity contribution is 6.04. The van der Waals surface area contributed by atoms with Crippen molar-refractivity contribution < 1.29 is 19.4 Å². The number of phenolic OH excluding ortho intramolecular Hbond substituents is 1. The number of amides is 2. The Bertz CT molecular complexity index is 819. The number of rotatable bonds is 4. The third-order valence-electron chi connectivity index (χ3n) is 4.28. The third-order valence-corrected chi connectivity index (χ3v) is 4.28. The van der Waals surface area contributed by atoms with Crippen LogP contribution in [0.5, 0.6) is 11.5 Å². The average Bonchev–Trinajstić information content (AvgIpc) is 2.98. The van der Waals surface area contributed by atoms with Crippen LogP contribution in [0.2, 0.25) is 0 Å². The molecule has 1 fully saturated rings. The summed E-state index contributed by atoms with van der Waals surface area (Å²) in [6.45, 7) is 2.21. The highest BCUT2D eigenvalue weighted by Gasteiger charge is 2.36. The Labute approximate surface area is 146 Å². The van der Waals surface area contributed by atoms with Gasteiger partial charge in [0, 0.05) is 13.0 Å². The molecule has 2 N–H and O–H groups in total. The molecule has 2 aromatic carbocycles. The number of hydrogen-bond donors (Lipinski definition) is 2. The number of methoxy groups -OCH3 is 1. The molecule has 1 aliphatic heterocycles. The van der Waals surface area contributed by atoms with Gasteiger partial charge >= 0.3 is 0 Å². The van der Waals surface area contributed by atoms with Gasteiger partial charge in [0.2, 0.25) is 11.8 Å². The molecule has 6 heteroatoms. The van der Waals surface area contributed by atoms with Gasteiger partial charge in [-0.2, -0.15) is 0 Å². The number of aryl methyl sites for hydroxylation is 1. The summed E-state index contributed by atoms with van der Waals surface area (Å²) in [7, 11) is 1.55. The van der Waals surface area contributed by atoms with Crippen LogP contribution in [0.15, 0.2) is 42.5 Å². The smallest absolute Gasteiger partial charge is 0.229 e. The van der Waals surface area contributed by atoms with Gasteiger partial charge < -0.3 is 20.1 Å². The molecule has 0 saturated carbocycles. The lowest BCUT2D eigenvalue weighted by atomic mass is 10.1. The van der Waals surface area contributed by atoms with Gasteiger partial charge in [0.25, 0.3) is 0 Å². The fourth-order valence-corrected chi connectivity index (χ4v) is 2.94. The number of nitrogens with one attached hydrogen (secondary N) is 1. The van der Waals surface area contributed by atoms with Crippen LogP contribution < -0.4 is 15.0 Å². The highest BCUT2D eigenvalue weighted by atomic mass is 16.5. The van der Waals surface area contributed by atoms with Gasteiger partial charge in [0.1, 0.15) is 11.5 Å². The van der Waals surface area contributed by atoms with Crippen LogP contribution in [-0.2, 0) is 9.59 Å². The van der Waals surface area contributed by atoms with Crippen LogP contribution in [0, 0.1) is 12.8 Å². The number of phenols is 1. The Morgan fingerprint density at radius 2 is 2.04 bits per heavy atom. The van der Waals surface area contributed by atoms with Crippen molar-refractivity contribution in [1.82, 2.24) is 0 Å². The van der Waals surface area contributed by atoms with Crippen LogP contribution in [0.25, 0.3) is 0 Å². The zero-order valence-corrected chi connectivity index (χ0v) is 14.2. The molecular formula is C19H20N2O4. The van der Waals surface area contributed by atoms with E-state index in [0.29, 0.717) is 17.1 Å². The molecule has 1 aliphatic rings. The molecule has 3 rings (SSSR count). The van der Waals surface area contributed by atoms with Gasteiger partial charge in [-0.05, 0) is 36.8 Å². The highest BCUT2D eigenvalue weighted by Crippen LogP contribution is 2.34. The van der Waals surface area contributed by atoms with Gasteiger partial charge in [-0.25, -0.2) is 0 Å². The van der Waals surface area contributed by atoms with Gasteiger partial charge in [0.15, 0.2) is 0 Å². The number of hydrogen-bond acceptors (Lipinski definition) is 4. The lowest BCUT2D eigenvalue weighted by Crippen LogP contribution is -2.28. The Hall–Kier alpha value is -3.02. The van der Waals surface area contributed by atoms with Crippen LogP contribution in [0.1, 0.15) is 12.0 Å². The summed E-state index contributed by atoms with van der Waals surface area (Å²) in [5.41, 5.74) is 2.02. The molecule has 0 radical (unpaired) electrons. The summed E-state index contributed by atoms with van der Waals surface area (Å²) in [6, 6.07) is 12.1. The Morgan fingerprint density at radius 1 is 1.28 bits per heavy atom. The molecule has 2 amide bonds. The first-order chi connectivity index (χ1) is 12.0. The standard InChI is InChI=1S/C19H20N2O4/c1-12-7-8-17(25-2)15(9-12)21-11-13(10-18(21)23)19(24)20-14-5-3-4-6-16(14)22/h3-9,13,22H,10-11H2,1-2H3,(H,20,24). The number of ether oxygens (including phenoxy) is 1. The fraction of sp³-hybridized carbons (Fsp3) is 0.263. The van der Waals surface area contributed by atoms with Crippen molar-refractivity contribution >= 4 is 23.2 Å². The zero-order chi connectivity index (χ0) is 18.0. The summed E-state index contributed by atoms with van der Waals surface area (Å²) in [5, 5.41) is 12.5. The van der Waals surface area contributed by atoms with Gasteiger partial charge in [-0.1, -0.05) is 18.2 Å². The van der Waals surface area contributed by atoms with Crippen LogP contribution in [0.4, 0.5) is 11.4 Å². The number of carbonyl (C=O) groups excluding carboxylic acids is 2. The van der Waals surface area contributed by atoms with E-state index in [4.69, 9.17) is 4.74 Å². The van der Waals surface area contributed by atoms with Crippen LogP contribution in [0.3, 0.4) is 0 Å². The molecule has 1 saturated heterocycles. The lowest BCUT2D eigenvalue weighted by Gasteiger charge is -2.20. The van der Waals surface area contributed by atoms with E-state index in [1.165, 1.54) is 6.07 Å². The average molecular weight is 340 g/mol. The molecule has 1 atom stereocenters. The summed E-state index contributed by atoms with van der Waals surface area (Å²) in [6.07, 6.45) is 0.122. The molecule has 2 aromatic rings. The van der Waals surface area contributed by atoms with E-state index < -0.39 is 5.92 Å². The number of anilines is 2. The molecular weight excluding hydrogens is 320 g/mol. The molecule has 0 bridgehead atoms. The van der Waals surface area contributed by atoms with E-state index in [0.717, 1.165) is 5.56 Å². The predicted octanol–water partition coefficient (Wildman–Crippen LogP) is 2.70. The Balaban J connectivity index is 1.78. The van der Waals surface area contributed by atoms with Gasteiger partial charge in [-0.15, -0.1) is 0 Å². The molecule has 0 aliphatic carbocycles. The van der Waals surface area contributed by atoms with Crippen molar-refractivity contribution in [2.24, 2.45) is 5.92 Å². The maximum Gasteiger partial charge on any atom is 0.229 e. The van der Waals surface area contributed by atoms with E-state index in [2.05, 4.69) is 5.32 Å². The Kier molecular flexibility index (Phi) is 4.61. The molecule has 0 spiro atoms. The number of nitrogens with zero attached hydrogens (tertiary/aromatic N) is 1. The summed E-state index contributed by atoms with van der Waals surface area (Å²) >= 11 is 0. The molecule has 25 heavy (non-hydrogen) atoms. The minimum Gasteiger partial charge on any atom is -0.506 e. The molecule has 1 heterocycles. The number of para-hydroxylation sites is 2. The van der Waals surface area contributed by atoms with E-state index in [1.54, 1.807) is 30.2 Å². The van der Waals surface area contributed by atoms with E-state index in [1.807, 2.05) is 25.1 Å². The minimum absolute atomic E-state index is 0.00242. The first kappa shape index (κ1) is 16.8. The maximum atomic E-state index is 12.5. The van der Waals surface area contributed by atoms with E-state index in [9.17, 15) is 14.7 Å². The van der Waals surface area contributed by atoms with Gasteiger partial charge in [-0.3, -0.25) is 9.59 Å². The largest absolute Gasteiger partial charge is 0.506 e. The van der Waals surface area contributed by atoms with Crippen LogP contribution in [-0.4, -0.2) is 30.6 Å². The monoisotopic (exact) mass is 340 g/mol. The number of benzene rings is 2. The quantitative estimate of drug-likeness (QED) is 0.839. The first-order valence-electron chi connectivity index (χ1n) is 8.03. The second-order valence-electron chi connectivity index (χ2n) is 6.09. The maximum absolute atomic E-state index is 12.5. The lowest BCUT2D eigenvalue weighted by molar-refractivity contribution is -0.122. The van der Waals surface area contributed by atoms with Crippen LogP contribution >= 0.6 is 0 Å². The van der Waals surface area contributed by atoms with Crippen molar-refractivity contribution in [2.45, 2.75) is 13.3 Å². The van der Waals surface area contributed by atoms with Gasteiger partial charge in [0.05, 0.1) is 24.4 Å². The van der Waals surface area contributed by atoms with Crippen molar-refractivity contribution in [3.8, 4) is 11.5 Å². The van der Waals surface area contributed by atoms with Crippen molar-refractivity contribution in [3.63, 3.8) is 0 Å². The first-order valence-corrected chi connectivity index (χ1v) is 8.03. The minimum atomic E-state index is -0.489. The molecule has 1 unspecified atom stereocenters. The van der Waals surface area contributed by atoms with E-state index in [-0.39, 0.29) is 30.5 Å². The topological polar surface area (TPSA) is 78.9 Å². The second kappa shape index (κ2) is 6.84. The fourth-order valence-electron chi connectivity index (χ4n) is 2.94. The SMILES string of the molecule is COc1ccc(C)cc1N1CC(C(=O)Nc2ccccc2O)CC1=O. The molecule has 6 nitrogen and oxygen atoms in total.